The van der Waals surface area contributed by atoms with Crippen molar-refractivity contribution in [3.63, 3.8) is 0 Å². The van der Waals surface area contributed by atoms with Gasteiger partial charge in [-0.1, -0.05) is 29.3 Å². The number of halogens is 2. The van der Waals surface area contributed by atoms with Gasteiger partial charge in [-0.15, -0.1) is 0 Å². The molecule has 1 rings (SSSR count). The molecule has 0 amide bonds. The van der Waals surface area contributed by atoms with Gasteiger partial charge in [0.1, 0.15) is 0 Å². The van der Waals surface area contributed by atoms with Crippen LogP contribution in [-0.2, 0) is 11.3 Å². The smallest absolute Gasteiger partial charge is 0.0732 e. The Balaban J connectivity index is 2.51. The minimum atomic E-state index is 0.0427. The van der Waals surface area contributed by atoms with Crippen LogP contribution < -0.4 is 5.73 Å². The number of hydrogen-bond acceptors (Lipinski definition) is 2. The minimum absolute atomic E-state index is 0.0427. The first-order valence-electron chi connectivity index (χ1n) is 4.37. The summed E-state index contributed by atoms with van der Waals surface area (Å²) in [4.78, 5) is 0. The molecule has 0 aliphatic carbocycles. The monoisotopic (exact) mass is 233 g/mol. The van der Waals surface area contributed by atoms with Crippen molar-refractivity contribution in [1.82, 2.24) is 0 Å². The molecule has 1 aromatic carbocycles. The molecular formula is C10H13Cl2NO. The normalized spacial score (nSPS) is 12.9. The zero-order valence-corrected chi connectivity index (χ0v) is 9.48. The molecule has 0 fully saturated rings. The molecular weight excluding hydrogens is 221 g/mol. The lowest BCUT2D eigenvalue weighted by atomic mass is 10.2. The largest absolute Gasteiger partial charge is 0.375 e. The topological polar surface area (TPSA) is 35.2 Å². The number of benzene rings is 1. The molecule has 2 N–H and O–H groups in total. The Hall–Kier alpha value is -0.280. The highest BCUT2D eigenvalue weighted by atomic mass is 35.5. The zero-order valence-electron chi connectivity index (χ0n) is 7.97. The quantitative estimate of drug-likeness (QED) is 0.869. The summed E-state index contributed by atoms with van der Waals surface area (Å²) >= 11 is 11.7. The van der Waals surface area contributed by atoms with Crippen LogP contribution in [0.4, 0.5) is 0 Å². The van der Waals surface area contributed by atoms with E-state index in [0.717, 1.165) is 5.56 Å². The summed E-state index contributed by atoms with van der Waals surface area (Å²) < 4.78 is 5.35. The summed E-state index contributed by atoms with van der Waals surface area (Å²) in [6.45, 7) is 2.89. The van der Waals surface area contributed by atoms with Crippen LogP contribution in [0, 0.1) is 0 Å². The Morgan fingerprint density at radius 1 is 1.43 bits per heavy atom. The minimum Gasteiger partial charge on any atom is -0.375 e. The van der Waals surface area contributed by atoms with Gasteiger partial charge in [0.05, 0.1) is 13.2 Å². The van der Waals surface area contributed by atoms with Crippen LogP contribution in [0.2, 0.25) is 10.0 Å². The fourth-order valence-corrected chi connectivity index (χ4v) is 1.46. The molecule has 0 bridgehead atoms. The van der Waals surface area contributed by atoms with Crippen molar-refractivity contribution in [2.24, 2.45) is 5.73 Å². The zero-order chi connectivity index (χ0) is 10.6. The van der Waals surface area contributed by atoms with Gasteiger partial charge in [-0.25, -0.2) is 0 Å². The highest BCUT2D eigenvalue weighted by Gasteiger charge is 2.01. The molecule has 78 valence electrons. The lowest BCUT2D eigenvalue weighted by molar-refractivity contribution is 0.111. The van der Waals surface area contributed by atoms with Gasteiger partial charge in [0.2, 0.25) is 0 Å². The first-order chi connectivity index (χ1) is 6.59. The van der Waals surface area contributed by atoms with Gasteiger partial charge in [-0.3, -0.25) is 0 Å². The van der Waals surface area contributed by atoms with Gasteiger partial charge in [0.25, 0.3) is 0 Å². The van der Waals surface area contributed by atoms with Gasteiger partial charge in [0, 0.05) is 16.1 Å². The summed E-state index contributed by atoms with van der Waals surface area (Å²) in [5.41, 5.74) is 6.47. The summed E-state index contributed by atoms with van der Waals surface area (Å²) in [5.74, 6) is 0. The van der Waals surface area contributed by atoms with E-state index in [4.69, 9.17) is 33.7 Å². The van der Waals surface area contributed by atoms with Gasteiger partial charge < -0.3 is 10.5 Å². The van der Waals surface area contributed by atoms with Crippen molar-refractivity contribution in [1.29, 1.82) is 0 Å². The van der Waals surface area contributed by atoms with E-state index in [1.165, 1.54) is 0 Å². The number of ether oxygens (including phenoxy) is 1. The van der Waals surface area contributed by atoms with E-state index in [0.29, 0.717) is 23.3 Å². The van der Waals surface area contributed by atoms with Crippen LogP contribution in [0.5, 0.6) is 0 Å². The van der Waals surface area contributed by atoms with Gasteiger partial charge in [-0.2, -0.15) is 0 Å². The number of hydrogen-bond donors (Lipinski definition) is 1. The lowest BCUT2D eigenvalue weighted by Gasteiger charge is -2.08. The SMILES string of the molecule is C[C@H](N)COCc1ccc(Cl)cc1Cl. The average Bonchev–Trinajstić information content (AvgIpc) is 2.08. The summed E-state index contributed by atoms with van der Waals surface area (Å²) in [6, 6.07) is 5.39. The van der Waals surface area contributed by atoms with E-state index < -0.39 is 0 Å². The third-order valence-electron chi connectivity index (χ3n) is 1.65. The maximum Gasteiger partial charge on any atom is 0.0732 e. The Morgan fingerprint density at radius 3 is 2.71 bits per heavy atom. The fourth-order valence-electron chi connectivity index (χ4n) is 0.994. The van der Waals surface area contributed by atoms with Crippen molar-refractivity contribution >= 4 is 23.2 Å². The first-order valence-corrected chi connectivity index (χ1v) is 5.12. The van der Waals surface area contributed by atoms with Crippen LogP contribution in [-0.4, -0.2) is 12.6 Å². The van der Waals surface area contributed by atoms with Crippen LogP contribution in [0.25, 0.3) is 0 Å². The second kappa shape index (κ2) is 5.56. The Kier molecular flexibility index (Phi) is 4.69. The Bertz CT molecular complexity index is 302. The lowest BCUT2D eigenvalue weighted by Crippen LogP contribution is -2.21. The highest BCUT2D eigenvalue weighted by Crippen LogP contribution is 2.21. The van der Waals surface area contributed by atoms with Crippen LogP contribution in [0.1, 0.15) is 12.5 Å². The molecule has 1 aromatic rings. The molecule has 0 aliphatic rings. The Labute approximate surface area is 94.0 Å². The van der Waals surface area contributed by atoms with Gasteiger partial charge in [-0.05, 0) is 24.6 Å². The molecule has 0 saturated heterocycles. The summed E-state index contributed by atoms with van der Waals surface area (Å²) in [5, 5.41) is 1.26. The molecule has 0 radical (unpaired) electrons. The van der Waals surface area contributed by atoms with Crippen molar-refractivity contribution in [3.8, 4) is 0 Å². The molecule has 0 spiro atoms. The third-order valence-corrected chi connectivity index (χ3v) is 2.24. The predicted molar refractivity (Wildman–Crippen MR) is 59.8 cm³/mol. The molecule has 0 aromatic heterocycles. The average molecular weight is 234 g/mol. The van der Waals surface area contributed by atoms with Crippen molar-refractivity contribution < 1.29 is 4.74 Å². The standard InChI is InChI=1S/C10H13Cl2NO/c1-7(13)5-14-6-8-2-3-9(11)4-10(8)12/h2-4,7H,5-6,13H2,1H3/t7-/m0/s1. The van der Waals surface area contributed by atoms with Crippen molar-refractivity contribution in [2.45, 2.75) is 19.6 Å². The van der Waals surface area contributed by atoms with Gasteiger partial charge >= 0.3 is 0 Å². The molecule has 4 heteroatoms. The Morgan fingerprint density at radius 2 is 2.14 bits per heavy atom. The highest BCUT2D eigenvalue weighted by molar-refractivity contribution is 6.35. The second-order valence-electron chi connectivity index (χ2n) is 3.23. The fraction of sp³-hybridized carbons (Fsp3) is 0.400. The maximum absolute atomic E-state index is 5.95. The summed E-state index contributed by atoms with van der Waals surface area (Å²) in [7, 11) is 0. The van der Waals surface area contributed by atoms with E-state index >= 15 is 0 Å². The van der Waals surface area contributed by atoms with Crippen LogP contribution >= 0.6 is 23.2 Å². The molecule has 1 atom stereocenters. The van der Waals surface area contributed by atoms with E-state index in [-0.39, 0.29) is 6.04 Å². The van der Waals surface area contributed by atoms with Crippen LogP contribution in [0.15, 0.2) is 18.2 Å². The summed E-state index contributed by atoms with van der Waals surface area (Å²) in [6.07, 6.45) is 0. The number of nitrogens with two attached hydrogens (primary N) is 1. The molecule has 0 saturated carbocycles. The van der Waals surface area contributed by atoms with Crippen molar-refractivity contribution in [2.75, 3.05) is 6.61 Å². The van der Waals surface area contributed by atoms with E-state index in [2.05, 4.69) is 0 Å². The number of rotatable bonds is 4. The molecule has 14 heavy (non-hydrogen) atoms. The predicted octanol–water partition coefficient (Wildman–Crippen LogP) is 2.86. The van der Waals surface area contributed by atoms with E-state index in [9.17, 15) is 0 Å². The van der Waals surface area contributed by atoms with Gasteiger partial charge in [0.15, 0.2) is 0 Å². The van der Waals surface area contributed by atoms with E-state index in [1.54, 1.807) is 12.1 Å². The van der Waals surface area contributed by atoms with Crippen molar-refractivity contribution in [3.05, 3.63) is 33.8 Å². The second-order valence-corrected chi connectivity index (χ2v) is 4.07. The first kappa shape index (κ1) is 11.8. The molecule has 2 nitrogen and oxygen atoms in total. The molecule has 0 aliphatic heterocycles. The third kappa shape index (κ3) is 3.84. The van der Waals surface area contributed by atoms with E-state index in [1.807, 2.05) is 13.0 Å². The molecule has 0 unspecified atom stereocenters. The molecule has 0 heterocycles. The maximum atomic E-state index is 5.95. The van der Waals surface area contributed by atoms with Crippen LogP contribution in [0.3, 0.4) is 0 Å².